The first-order valence-corrected chi connectivity index (χ1v) is 10.3. The first-order valence-electron chi connectivity index (χ1n) is 8.52. The van der Waals surface area contributed by atoms with E-state index in [-0.39, 0.29) is 23.9 Å². The molecule has 146 valence electrons. The van der Waals surface area contributed by atoms with Gasteiger partial charge in [-0.3, -0.25) is 4.79 Å². The number of amides is 1. The Labute approximate surface area is 156 Å². The van der Waals surface area contributed by atoms with Crippen molar-refractivity contribution >= 4 is 32.7 Å². The highest BCUT2D eigenvalue weighted by molar-refractivity contribution is 7.91. The number of ether oxygens (including phenoxy) is 2. The molecule has 27 heavy (non-hydrogen) atoms. The molecule has 1 fully saturated rings. The Morgan fingerprint density at radius 1 is 1.33 bits per heavy atom. The molecule has 2 heterocycles. The topological polar surface area (TPSA) is 112 Å². The molecule has 2 atom stereocenters. The predicted octanol–water partition coefficient (Wildman–Crippen LogP) is 1.43. The average molecular weight is 395 g/mol. The fourth-order valence-electron chi connectivity index (χ4n) is 3.05. The summed E-state index contributed by atoms with van der Waals surface area (Å²) in [6, 6.07) is 6.67. The van der Waals surface area contributed by atoms with Gasteiger partial charge in [-0.2, -0.15) is 0 Å². The highest BCUT2D eigenvalue weighted by Crippen LogP contribution is 2.27. The fourth-order valence-corrected chi connectivity index (χ4v) is 4.72. The number of sulfone groups is 1. The molecule has 0 bridgehead atoms. The fraction of sp³-hybridized carbons (Fsp3) is 0.444. The standard InChI is InChI=1S/C18H21NO7S/c1-11(17(20)19-12-7-8-27(22,23)10-12)25-18(21)16-14(9-24-2)13-5-3-4-6-15(13)26-16/h3-6,11-12H,7-10H2,1-2H3,(H,19,20)/t11-,12-/m0/s1. The number of hydrogen-bond donors (Lipinski definition) is 1. The number of furan rings is 1. The van der Waals surface area contributed by atoms with Gasteiger partial charge < -0.3 is 19.2 Å². The summed E-state index contributed by atoms with van der Waals surface area (Å²) in [5.41, 5.74) is 1.07. The zero-order valence-corrected chi connectivity index (χ0v) is 15.9. The summed E-state index contributed by atoms with van der Waals surface area (Å²) in [6.45, 7) is 1.58. The normalized spacial score (nSPS) is 19.7. The maximum atomic E-state index is 12.5. The van der Waals surface area contributed by atoms with Crippen LogP contribution in [-0.4, -0.2) is 51.1 Å². The molecular weight excluding hydrogens is 374 g/mol. The van der Waals surface area contributed by atoms with E-state index >= 15 is 0 Å². The van der Waals surface area contributed by atoms with Crippen LogP contribution in [0.25, 0.3) is 11.0 Å². The van der Waals surface area contributed by atoms with Crippen molar-refractivity contribution in [3.05, 3.63) is 35.6 Å². The van der Waals surface area contributed by atoms with Gasteiger partial charge in [-0.05, 0) is 19.4 Å². The lowest BCUT2D eigenvalue weighted by atomic mass is 10.1. The summed E-state index contributed by atoms with van der Waals surface area (Å²) >= 11 is 0. The number of rotatable bonds is 6. The van der Waals surface area contributed by atoms with E-state index in [2.05, 4.69) is 5.32 Å². The van der Waals surface area contributed by atoms with Crippen molar-refractivity contribution in [2.24, 2.45) is 0 Å². The average Bonchev–Trinajstić information content (AvgIpc) is 3.15. The summed E-state index contributed by atoms with van der Waals surface area (Å²) in [5.74, 6) is -1.39. The van der Waals surface area contributed by atoms with Crippen LogP contribution in [0.2, 0.25) is 0 Å². The number of nitrogens with one attached hydrogen (secondary N) is 1. The minimum Gasteiger partial charge on any atom is -0.449 e. The largest absolute Gasteiger partial charge is 0.449 e. The van der Waals surface area contributed by atoms with Crippen LogP contribution in [0.1, 0.15) is 29.5 Å². The third-order valence-corrected chi connectivity index (χ3v) is 6.17. The molecule has 3 rings (SSSR count). The number of hydrogen-bond acceptors (Lipinski definition) is 7. The summed E-state index contributed by atoms with van der Waals surface area (Å²) in [4.78, 5) is 24.7. The van der Waals surface area contributed by atoms with Gasteiger partial charge in [0.1, 0.15) is 5.58 Å². The number of benzene rings is 1. The van der Waals surface area contributed by atoms with Gasteiger partial charge in [-0.15, -0.1) is 0 Å². The van der Waals surface area contributed by atoms with Crippen molar-refractivity contribution in [3.63, 3.8) is 0 Å². The molecule has 0 radical (unpaired) electrons. The number of carbonyl (C=O) groups is 2. The minimum atomic E-state index is -3.11. The predicted molar refractivity (Wildman–Crippen MR) is 97.0 cm³/mol. The molecule has 0 aliphatic carbocycles. The van der Waals surface area contributed by atoms with E-state index in [0.717, 1.165) is 5.39 Å². The summed E-state index contributed by atoms with van der Waals surface area (Å²) < 4.78 is 38.9. The highest BCUT2D eigenvalue weighted by Gasteiger charge is 2.31. The molecule has 1 saturated heterocycles. The molecule has 1 aromatic carbocycles. The molecule has 1 aliphatic heterocycles. The van der Waals surface area contributed by atoms with Crippen molar-refractivity contribution in [2.45, 2.75) is 32.1 Å². The maximum absolute atomic E-state index is 12.5. The zero-order chi connectivity index (χ0) is 19.6. The first kappa shape index (κ1) is 19.4. The number of carbonyl (C=O) groups excluding carboxylic acids is 2. The van der Waals surface area contributed by atoms with Crippen molar-refractivity contribution in [2.75, 3.05) is 18.6 Å². The highest BCUT2D eigenvalue weighted by atomic mass is 32.2. The Morgan fingerprint density at radius 2 is 2.07 bits per heavy atom. The van der Waals surface area contributed by atoms with Gasteiger partial charge in [0.05, 0.1) is 18.1 Å². The second-order valence-electron chi connectivity index (χ2n) is 6.49. The van der Waals surface area contributed by atoms with Crippen LogP contribution in [-0.2, 0) is 30.7 Å². The van der Waals surface area contributed by atoms with Crippen molar-refractivity contribution in [1.82, 2.24) is 5.32 Å². The summed E-state index contributed by atoms with van der Waals surface area (Å²) in [5, 5.41) is 3.34. The van der Waals surface area contributed by atoms with E-state index in [1.807, 2.05) is 6.07 Å². The van der Waals surface area contributed by atoms with E-state index in [1.54, 1.807) is 18.2 Å². The zero-order valence-electron chi connectivity index (χ0n) is 15.1. The van der Waals surface area contributed by atoms with E-state index in [1.165, 1.54) is 14.0 Å². The maximum Gasteiger partial charge on any atom is 0.375 e. The van der Waals surface area contributed by atoms with Gasteiger partial charge in [0, 0.05) is 24.1 Å². The van der Waals surface area contributed by atoms with Crippen LogP contribution in [0.3, 0.4) is 0 Å². The molecule has 1 amide bonds. The van der Waals surface area contributed by atoms with Crippen LogP contribution >= 0.6 is 0 Å². The van der Waals surface area contributed by atoms with Crippen LogP contribution in [0.5, 0.6) is 0 Å². The van der Waals surface area contributed by atoms with Gasteiger partial charge >= 0.3 is 5.97 Å². The van der Waals surface area contributed by atoms with E-state index < -0.39 is 33.9 Å². The Morgan fingerprint density at radius 3 is 2.74 bits per heavy atom. The van der Waals surface area contributed by atoms with Gasteiger partial charge in [0.25, 0.3) is 5.91 Å². The molecular formula is C18H21NO7S. The molecule has 1 aromatic heterocycles. The van der Waals surface area contributed by atoms with Gasteiger partial charge in [-0.1, -0.05) is 18.2 Å². The van der Waals surface area contributed by atoms with Crippen molar-refractivity contribution < 1.29 is 31.9 Å². The molecule has 2 aromatic rings. The Bertz CT molecular complexity index is 963. The van der Waals surface area contributed by atoms with E-state index in [4.69, 9.17) is 13.9 Å². The molecule has 8 nitrogen and oxygen atoms in total. The Balaban J connectivity index is 1.70. The van der Waals surface area contributed by atoms with Gasteiger partial charge in [0.15, 0.2) is 15.9 Å². The Kier molecular flexibility index (Phi) is 5.52. The third kappa shape index (κ3) is 4.30. The van der Waals surface area contributed by atoms with Crippen molar-refractivity contribution in [3.8, 4) is 0 Å². The number of fused-ring (bicyclic) bond motifs is 1. The van der Waals surface area contributed by atoms with Gasteiger partial charge in [0.2, 0.25) is 5.76 Å². The molecule has 9 heteroatoms. The number of esters is 1. The van der Waals surface area contributed by atoms with E-state index in [9.17, 15) is 18.0 Å². The number of para-hydroxylation sites is 1. The molecule has 1 N–H and O–H groups in total. The van der Waals surface area contributed by atoms with Crippen LogP contribution in [0.15, 0.2) is 28.7 Å². The summed E-state index contributed by atoms with van der Waals surface area (Å²) in [7, 11) is -1.61. The third-order valence-electron chi connectivity index (χ3n) is 4.40. The molecule has 0 saturated carbocycles. The first-order chi connectivity index (χ1) is 12.8. The summed E-state index contributed by atoms with van der Waals surface area (Å²) in [6.07, 6.45) is -0.736. The lowest BCUT2D eigenvalue weighted by Gasteiger charge is -2.16. The SMILES string of the molecule is COCc1c(C(=O)O[C@@H](C)C(=O)N[C@H]2CCS(=O)(=O)C2)oc2ccccc12. The van der Waals surface area contributed by atoms with Crippen LogP contribution < -0.4 is 5.32 Å². The van der Waals surface area contributed by atoms with Crippen LogP contribution in [0, 0.1) is 0 Å². The molecule has 0 unspecified atom stereocenters. The lowest BCUT2D eigenvalue weighted by molar-refractivity contribution is -0.129. The minimum absolute atomic E-state index is 0.0128. The monoisotopic (exact) mass is 395 g/mol. The second kappa shape index (κ2) is 7.69. The van der Waals surface area contributed by atoms with E-state index in [0.29, 0.717) is 17.6 Å². The number of methoxy groups -OCH3 is 1. The van der Waals surface area contributed by atoms with Gasteiger partial charge in [-0.25, -0.2) is 13.2 Å². The lowest BCUT2D eigenvalue weighted by Crippen LogP contribution is -2.42. The second-order valence-corrected chi connectivity index (χ2v) is 8.72. The Hall–Kier alpha value is -2.39. The van der Waals surface area contributed by atoms with Crippen molar-refractivity contribution in [1.29, 1.82) is 0 Å². The molecule has 0 spiro atoms. The molecule has 1 aliphatic rings. The van der Waals surface area contributed by atoms with Crippen LogP contribution in [0.4, 0.5) is 0 Å². The smallest absolute Gasteiger partial charge is 0.375 e. The quantitative estimate of drug-likeness (QED) is 0.736.